The van der Waals surface area contributed by atoms with Crippen LogP contribution < -0.4 is 5.43 Å². The van der Waals surface area contributed by atoms with Crippen molar-refractivity contribution in [1.82, 2.24) is 14.8 Å². The van der Waals surface area contributed by atoms with Crippen molar-refractivity contribution in [3.8, 4) is 0 Å². The Morgan fingerprint density at radius 2 is 1.96 bits per heavy atom. The van der Waals surface area contributed by atoms with Crippen molar-refractivity contribution in [2.75, 3.05) is 32.8 Å². The van der Waals surface area contributed by atoms with Gasteiger partial charge in [-0.25, -0.2) is 4.79 Å². The summed E-state index contributed by atoms with van der Waals surface area (Å²) in [7, 11) is 0. The van der Waals surface area contributed by atoms with Gasteiger partial charge in [0.1, 0.15) is 0 Å². The molecular formula is C18H23N3O3. The summed E-state index contributed by atoms with van der Waals surface area (Å²) in [5.74, 6) is 0. The van der Waals surface area contributed by atoms with E-state index >= 15 is 0 Å². The molecule has 128 valence electrons. The van der Waals surface area contributed by atoms with Gasteiger partial charge in [-0.1, -0.05) is 11.6 Å². The van der Waals surface area contributed by atoms with E-state index in [1.54, 1.807) is 11.0 Å². The number of carbonyl (C=O) groups excluding carboxylic acids is 1. The number of H-pyrrole nitrogens is 1. The SMILES string of the molecule is CCOC(=O)N1CCN(Cc2cc(=O)c3cc(C)ccc3[nH]2)CC1. The number of benzene rings is 1. The van der Waals surface area contributed by atoms with Gasteiger partial charge < -0.3 is 14.6 Å². The Hall–Kier alpha value is -2.34. The maximum atomic E-state index is 12.3. The topological polar surface area (TPSA) is 65.6 Å². The monoisotopic (exact) mass is 329 g/mol. The van der Waals surface area contributed by atoms with Crippen LogP contribution >= 0.6 is 0 Å². The first-order valence-corrected chi connectivity index (χ1v) is 8.33. The van der Waals surface area contributed by atoms with Crippen molar-refractivity contribution in [3.05, 3.63) is 45.7 Å². The van der Waals surface area contributed by atoms with Crippen molar-refractivity contribution in [2.45, 2.75) is 20.4 Å². The summed E-state index contributed by atoms with van der Waals surface area (Å²) in [4.78, 5) is 31.3. The number of nitrogens with one attached hydrogen (secondary N) is 1. The van der Waals surface area contributed by atoms with Gasteiger partial charge in [0.05, 0.1) is 6.61 Å². The minimum atomic E-state index is -0.244. The van der Waals surface area contributed by atoms with Crippen molar-refractivity contribution in [1.29, 1.82) is 0 Å². The van der Waals surface area contributed by atoms with E-state index in [1.165, 1.54) is 0 Å². The Labute approximate surface area is 141 Å². The second-order valence-electron chi connectivity index (χ2n) is 6.17. The number of fused-ring (bicyclic) bond motifs is 1. The summed E-state index contributed by atoms with van der Waals surface area (Å²) >= 11 is 0. The Morgan fingerprint density at radius 3 is 2.67 bits per heavy atom. The Balaban J connectivity index is 1.67. The third-order valence-electron chi connectivity index (χ3n) is 4.33. The van der Waals surface area contributed by atoms with Crippen LogP contribution in [0.5, 0.6) is 0 Å². The third-order valence-corrected chi connectivity index (χ3v) is 4.33. The normalized spacial score (nSPS) is 15.7. The maximum absolute atomic E-state index is 12.3. The summed E-state index contributed by atoms with van der Waals surface area (Å²) in [5.41, 5.74) is 2.90. The minimum Gasteiger partial charge on any atom is -0.450 e. The van der Waals surface area contributed by atoms with Crippen LogP contribution in [0.25, 0.3) is 10.9 Å². The molecule has 0 radical (unpaired) electrons. The van der Waals surface area contributed by atoms with Crippen LogP contribution in [0.4, 0.5) is 4.79 Å². The molecule has 1 aromatic carbocycles. The number of hydrogen-bond acceptors (Lipinski definition) is 4. The van der Waals surface area contributed by atoms with Crippen molar-refractivity contribution < 1.29 is 9.53 Å². The fraction of sp³-hybridized carbons (Fsp3) is 0.444. The molecule has 1 aliphatic heterocycles. The fourth-order valence-corrected chi connectivity index (χ4v) is 3.05. The van der Waals surface area contributed by atoms with Gasteiger partial charge in [0.15, 0.2) is 5.43 Å². The molecule has 0 aliphatic carbocycles. The number of aromatic amines is 1. The molecule has 6 nitrogen and oxygen atoms in total. The number of pyridine rings is 1. The average Bonchev–Trinajstić information content (AvgIpc) is 2.56. The largest absolute Gasteiger partial charge is 0.450 e. The third kappa shape index (κ3) is 3.59. The van der Waals surface area contributed by atoms with E-state index in [4.69, 9.17) is 4.74 Å². The number of rotatable bonds is 3. The lowest BCUT2D eigenvalue weighted by atomic mass is 10.1. The molecule has 1 amide bonds. The first-order chi connectivity index (χ1) is 11.6. The number of nitrogens with zero attached hydrogens (tertiary/aromatic N) is 2. The van der Waals surface area contributed by atoms with Gasteiger partial charge in [0.25, 0.3) is 0 Å². The van der Waals surface area contributed by atoms with Gasteiger partial charge in [0.2, 0.25) is 0 Å². The van der Waals surface area contributed by atoms with Gasteiger partial charge in [0, 0.05) is 55.4 Å². The highest BCUT2D eigenvalue weighted by molar-refractivity contribution is 5.79. The molecule has 1 aliphatic rings. The van der Waals surface area contributed by atoms with E-state index in [0.717, 1.165) is 35.2 Å². The molecule has 0 spiro atoms. The molecule has 2 heterocycles. The molecule has 1 saturated heterocycles. The van der Waals surface area contributed by atoms with Gasteiger partial charge in [-0.15, -0.1) is 0 Å². The number of aromatic nitrogens is 1. The van der Waals surface area contributed by atoms with E-state index < -0.39 is 0 Å². The predicted molar refractivity (Wildman–Crippen MR) is 93.2 cm³/mol. The van der Waals surface area contributed by atoms with Crippen molar-refractivity contribution in [3.63, 3.8) is 0 Å². The molecule has 1 N–H and O–H groups in total. The zero-order valence-corrected chi connectivity index (χ0v) is 14.2. The highest BCUT2D eigenvalue weighted by Crippen LogP contribution is 2.13. The van der Waals surface area contributed by atoms with E-state index in [9.17, 15) is 9.59 Å². The molecule has 0 saturated carbocycles. The first-order valence-electron chi connectivity index (χ1n) is 8.33. The second-order valence-corrected chi connectivity index (χ2v) is 6.17. The highest BCUT2D eigenvalue weighted by atomic mass is 16.6. The van der Waals surface area contributed by atoms with Gasteiger partial charge in [-0.05, 0) is 26.0 Å². The molecule has 0 unspecified atom stereocenters. The van der Waals surface area contributed by atoms with Crippen LogP contribution in [0, 0.1) is 6.92 Å². The van der Waals surface area contributed by atoms with Crippen molar-refractivity contribution in [2.24, 2.45) is 0 Å². The fourth-order valence-electron chi connectivity index (χ4n) is 3.05. The van der Waals surface area contributed by atoms with Crippen LogP contribution in [0.2, 0.25) is 0 Å². The van der Waals surface area contributed by atoms with Crippen LogP contribution in [0.1, 0.15) is 18.2 Å². The molecular weight excluding hydrogens is 306 g/mol. The highest BCUT2D eigenvalue weighted by Gasteiger charge is 2.22. The van der Waals surface area contributed by atoms with E-state index in [1.807, 2.05) is 32.0 Å². The molecule has 1 aromatic heterocycles. The van der Waals surface area contributed by atoms with Gasteiger partial charge in [-0.3, -0.25) is 9.69 Å². The van der Waals surface area contributed by atoms with Crippen molar-refractivity contribution >= 4 is 17.0 Å². The zero-order chi connectivity index (χ0) is 17.1. The minimum absolute atomic E-state index is 0.0487. The summed E-state index contributed by atoms with van der Waals surface area (Å²) in [5, 5.41) is 0.728. The smallest absolute Gasteiger partial charge is 0.409 e. The van der Waals surface area contributed by atoms with Gasteiger partial charge >= 0.3 is 6.09 Å². The van der Waals surface area contributed by atoms with Gasteiger partial charge in [-0.2, -0.15) is 0 Å². The maximum Gasteiger partial charge on any atom is 0.409 e. The molecule has 0 atom stereocenters. The summed E-state index contributed by atoms with van der Waals surface area (Å²) < 4.78 is 5.03. The summed E-state index contributed by atoms with van der Waals surface area (Å²) in [6.07, 6.45) is -0.244. The number of amides is 1. The van der Waals surface area contributed by atoms with E-state index in [2.05, 4.69) is 9.88 Å². The summed E-state index contributed by atoms with van der Waals surface area (Å²) in [6, 6.07) is 7.55. The molecule has 2 aromatic rings. The predicted octanol–water partition coefficient (Wildman–Crippen LogP) is 2.11. The lowest BCUT2D eigenvalue weighted by molar-refractivity contribution is 0.0775. The number of hydrogen-bond donors (Lipinski definition) is 1. The molecule has 6 heteroatoms. The van der Waals surface area contributed by atoms with Crippen LogP contribution in [0.15, 0.2) is 29.1 Å². The quantitative estimate of drug-likeness (QED) is 0.937. The lowest BCUT2D eigenvalue weighted by Crippen LogP contribution is -2.48. The average molecular weight is 329 g/mol. The van der Waals surface area contributed by atoms with Crippen LogP contribution in [-0.4, -0.2) is 53.7 Å². The molecule has 3 rings (SSSR count). The second kappa shape index (κ2) is 7.05. The Morgan fingerprint density at radius 1 is 1.21 bits per heavy atom. The Bertz CT molecular complexity index is 792. The number of aryl methyl sites for hydroxylation is 1. The molecule has 0 bridgehead atoms. The van der Waals surface area contributed by atoms with E-state index in [0.29, 0.717) is 26.2 Å². The molecule has 1 fully saturated rings. The Kier molecular flexibility index (Phi) is 4.85. The number of piperazine rings is 1. The summed E-state index contributed by atoms with van der Waals surface area (Å²) in [6.45, 7) is 7.71. The molecule has 24 heavy (non-hydrogen) atoms. The van der Waals surface area contributed by atoms with Crippen LogP contribution in [0.3, 0.4) is 0 Å². The standard InChI is InChI=1S/C18H23N3O3/c1-3-24-18(23)21-8-6-20(7-9-21)12-14-11-17(22)15-10-13(2)4-5-16(15)19-14/h4-5,10-11H,3,6-9,12H2,1-2H3,(H,19,22). The van der Waals surface area contributed by atoms with Crippen LogP contribution in [-0.2, 0) is 11.3 Å². The first kappa shape index (κ1) is 16.5. The lowest BCUT2D eigenvalue weighted by Gasteiger charge is -2.33. The number of carbonyl (C=O) groups is 1. The zero-order valence-electron chi connectivity index (χ0n) is 14.2. The number of ether oxygens (including phenoxy) is 1. The van der Waals surface area contributed by atoms with E-state index in [-0.39, 0.29) is 11.5 Å².